The van der Waals surface area contributed by atoms with Gasteiger partial charge in [-0.15, -0.1) is 0 Å². The van der Waals surface area contributed by atoms with Crippen LogP contribution in [0.2, 0.25) is 0 Å². The van der Waals surface area contributed by atoms with Crippen molar-refractivity contribution in [2.24, 2.45) is 0 Å². The van der Waals surface area contributed by atoms with E-state index in [-0.39, 0.29) is 11.9 Å². The van der Waals surface area contributed by atoms with Gasteiger partial charge in [-0.2, -0.15) is 0 Å². The summed E-state index contributed by atoms with van der Waals surface area (Å²) in [6.45, 7) is 6.54. The lowest BCUT2D eigenvalue weighted by Gasteiger charge is -2.11. The van der Waals surface area contributed by atoms with Crippen LogP contribution in [0.3, 0.4) is 0 Å². The Morgan fingerprint density at radius 3 is 2.47 bits per heavy atom. The Morgan fingerprint density at radius 2 is 1.76 bits per heavy atom. The monoisotopic (exact) mass is 457 g/mol. The summed E-state index contributed by atoms with van der Waals surface area (Å²) in [5, 5.41) is 2.98. The average Bonchev–Trinajstić information content (AvgIpc) is 3.20. The van der Waals surface area contributed by atoms with Gasteiger partial charge in [0.15, 0.2) is 0 Å². The van der Waals surface area contributed by atoms with E-state index in [4.69, 9.17) is 14.5 Å². The Hall–Kier alpha value is -3.80. The van der Waals surface area contributed by atoms with Crippen molar-refractivity contribution in [1.82, 2.24) is 14.7 Å². The molecule has 4 rings (SSSR count). The molecule has 34 heavy (non-hydrogen) atoms. The van der Waals surface area contributed by atoms with E-state index in [2.05, 4.69) is 28.0 Å². The van der Waals surface area contributed by atoms with Crippen molar-refractivity contribution in [3.63, 3.8) is 0 Å². The normalized spacial score (nSPS) is 11.1. The number of imidazole rings is 1. The lowest BCUT2D eigenvalue weighted by Crippen LogP contribution is -2.30. The molecule has 2 aromatic carbocycles. The van der Waals surface area contributed by atoms with Crippen molar-refractivity contribution in [1.29, 1.82) is 0 Å². The zero-order valence-corrected chi connectivity index (χ0v) is 20.2. The van der Waals surface area contributed by atoms with Gasteiger partial charge in [0.1, 0.15) is 17.1 Å². The average molecular weight is 458 g/mol. The van der Waals surface area contributed by atoms with Crippen LogP contribution in [0.15, 0.2) is 66.9 Å². The number of nitrogens with zero attached hydrogens (tertiary/aromatic N) is 2. The van der Waals surface area contributed by atoms with Crippen LogP contribution in [-0.4, -0.2) is 35.1 Å². The van der Waals surface area contributed by atoms with Crippen molar-refractivity contribution >= 4 is 11.6 Å². The van der Waals surface area contributed by atoms with Crippen LogP contribution in [-0.2, 0) is 11.2 Å². The minimum atomic E-state index is 0.0335. The van der Waals surface area contributed by atoms with Gasteiger partial charge >= 0.3 is 0 Å². The molecule has 0 fully saturated rings. The predicted molar refractivity (Wildman–Crippen MR) is 135 cm³/mol. The summed E-state index contributed by atoms with van der Waals surface area (Å²) in [5.41, 5.74) is 5.83. The maximum absolute atomic E-state index is 12.4. The van der Waals surface area contributed by atoms with Crippen LogP contribution in [0.5, 0.6) is 11.5 Å². The van der Waals surface area contributed by atoms with Gasteiger partial charge in [0.25, 0.3) is 0 Å². The molecule has 2 heterocycles. The van der Waals surface area contributed by atoms with E-state index in [0.29, 0.717) is 19.4 Å². The maximum atomic E-state index is 12.4. The largest absolute Gasteiger partial charge is 0.497 e. The van der Waals surface area contributed by atoms with E-state index in [1.54, 1.807) is 7.11 Å². The number of rotatable bonds is 9. The zero-order chi connectivity index (χ0) is 24.1. The molecule has 0 spiro atoms. The fourth-order valence-corrected chi connectivity index (χ4v) is 4.04. The van der Waals surface area contributed by atoms with Crippen LogP contribution in [0.25, 0.3) is 28.0 Å². The van der Waals surface area contributed by atoms with Gasteiger partial charge in [-0.1, -0.05) is 12.1 Å². The summed E-state index contributed by atoms with van der Waals surface area (Å²) in [4.78, 5) is 17.4. The smallest absolute Gasteiger partial charge is 0.220 e. The maximum Gasteiger partial charge on any atom is 0.220 e. The number of pyridine rings is 1. The van der Waals surface area contributed by atoms with Crippen molar-refractivity contribution in [2.45, 2.75) is 39.7 Å². The minimum absolute atomic E-state index is 0.0335. The molecule has 0 aliphatic heterocycles. The molecule has 0 unspecified atom stereocenters. The van der Waals surface area contributed by atoms with Crippen molar-refractivity contribution in [3.05, 3.63) is 72.6 Å². The summed E-state index contributed by atoms with van der Waals surface area (Å²) in [6, 6.07) is 20.1. The third-order valence-electron chi connectivity index (χ3n) is 5.60. The molecule has 0 aliphatic rings. The quantitative estimate of drug-likeness (QED) is 0.359. The fraction of sp³-hybridized carbons (Fsp3) is 0.286. The Bertz CT molecular complexity index is 1280. The van der Waals surface area contributed by atoms with Gasteiger partial charge in [0.05, 0.1) is 25.1 Å². The number of aryl methyl sites for hydroxylation is 1. The van der Waals surface area contributed by atoms with Crippen LogP contribution in [0, 0.1) is 0 Å². The Kier molecular flexibility index (Phi) is 7.16. The number of ether oxygens (including phenoxy) is 2. The third-order valence-corrected chi connectivity index (χ3v) is 5.60. The molecular weight excluding hydrogens is 426 g/mol. The van der Waals surface area contributed by atoms with Crippen LogP contribution < -0.4 is 14.8 Å². The van der Waals surface area contributed by atoms with Gasteiger partial charge < -0.3 is 19.2 Å². The number of methoxy groups -OCH3 is 1. The first kappa shape index (κ1) is 23.4. The van der Waals surface area contributed by atoms with Crippen molar-refractivity contribution in [3.8, 4) is 33.9 Å². The zero-order valence-electron chi connectivity index (χ0n) is 20.2. The number of hydrogen-bond donors (Lipinski definition) is 1. The number of hydrogen-bond acceptors (Lipinski definition) is 4. The van der Waals surface area contributed by atoms with E-state index < -0.39 is 0 Å². The molecular formula is C28H31N3O3. The van der Waals surface area contributed by atoms with Gasteiger partial charge in [-0.25, -0.2) is 4.98 Å². The number of amides is 1. The summed E-state index contributed by atoms with van der Waals surface area (Å²) in [6.07, 6.45) is 3.05. The number of carbonyl (C=O) groups excluding carboxylic acids is 1. The molecule has 1 N–H and O–H groups in total. The Balaban J connectivity index is 1.77. The number of benzene rings is 2. The SMILES string of the molecule is CCOc1cccc(-c2ccc3nc(-c4ccc(OC)cc4)c(CCC(=O)NC(C)C)n3c2)c1. The Morgan fingerprint density at radius 1 is 1.00 bits per heavy atom. The summed E-state index contributed by atoms with van der Waals surface area (Å²) in [5.74, 6) is 1.67. The lowest BCUT2D eigenvalue weighted by molar-refractivity contribution is -0.121. The molecule has 0 saturated heterocycles. The molecule has 6 heteroatoms. The van der Waals surface area contributed by atoms with Crippen molar-refractivity contribution in [2.75, 3.05) is 13.7 Å². The summed E-state index contributed by atoms with van der Waals surface area (Å²) in [7, 11) is 1.65. The van der Waals surface area contributed by atoms with Gasteiger partial charge in [0.2, 0.25) is 5.91 Å². The van der Waals surface area contributed by atoms with Gasteiger partial charge in [-0.05, 0) is 86.8 Å². The molecule has 2 aromatic heterocycles. The van der Waals surface area contributed by atoms with Crippen molar-refractivity contribution < 1.29 is 14.3 Å². The topological polar surface area (TPSA) is 64.9 Å². The molecule has 6 nitrogen and oxygen atoms in total. The standard InChI is InChI=1S/C28H31N3O3/c1-5-34-24-8-6-7-21(17-24)22-11-15-26-30-28(20-9-12-23(33-4)13-10-20)25(31(26)18-22)14-16-27(32)29-19(2)3/h6-13,15,17-19H,5,14,16H2,1-4H3,(H,29,32). The highest BCUT2D eigenvalue weighted by atomic mass is 16.5. The summed E-state index contributed by atoms with van der Waals surface area (Å²) < 4.78 is 13.1. The van der Waals surface area contributed by atoms with Gasteiger partial charge in [0, 0.05) is 24.2 Å². The lowest BCUT2D eigenvalue weighted by atomic mass is 10.1. The molecule has 0 bridgehead atoms. The number of nitrogens with one attached hydrogen (secondary N) is 1. The molecule has 176 valence electrons. The molecule has 0 aliphatic carbocycles. The van der Waals surface area contributed by atoms with Crippen LogP contribution in [0.4, 0.5) is 0 Å². The molecule has 1 amide bonds. The highest BCUT2D eigenvalue weighted by Crippen LogP contribution is 2.30. The second-order valence-electron chi connectivity index (χ2n) is 8.46. The number of carbonyl (C=O) groups is 1. The van der Waals surface area contributed by atoms with E-state index in [1.807, 2.05) is 69.3 Å². The fourth-order valence-electron chi connectivity index (χ4n) is 4.04. The highest BCUT2D eigenvalue weighted by molar-refractivity contribution is 5.77. The van der Waals surface area contributed by atoms with E-state index in [0.717, 1.165) is 45.2 Å². The van der Waals surface area contributed by atoms with E-state index in [1.165, 1.54) is 0 Å². The molecule has 0 radical (unpaired) electrons. The van der Waals surface area contributed by atoms with Gasteiger partial charge in [-0.3, -0.25) is 4.79 Å². The predicted octanol–water partition coefficient (Wildman–Crippen LogP) is 5.53. The Labute approximate surface area is 200 Å². The first-order valence-corrected chi connectivity index (χ1v) is 11.7. The minimum Gasteiger partial charge on any atom is -0.497 e. The highest BCUT2D eigenvalue weighted by Gasteiger charge is 2.17. The van der Waals surface area contributed by atoms with E-state index in [9.17, 15) is 4.79 Å². The number of fused-ring (bicyclic) bond motifs is 1. The second-order valence-corrected chi connectivity index (χ2v) is 8.46. The van der Waals surface area contributed by atoms with E-state index >= 15 is 0 Å². The van der Waals surface area contributed by atoms with Crippen LogP contribution in [0.1, 0.15) is 32.9 Å². The molecule has 0 saturated carbocycles. The molecule has 0 atom stereocenters. The first-order valence-electron chi connectivity index (χ1n) is 11.7. The first-order chi connectivity index (χ1) is 16.5. The third kappa shape index (κ3) is 5.22. The van der Waals surface area contributed by atoms with Crippen LogP contribution >= 0.6 is 0 Å². The molecule has 4 aromatic rings. The number of aromatic nitrogens is 2. The second kappa shape index (κ2) is 10.4. The summed E-state index contributed by atoms with van der Waals surface area (Å²) >= 11 is 0.